The maximum atomic E-state index is 12.5. The van der Waals surface area contributed by atoms with Gasteiger partial charge in [-0.3, -0.25) is 0 Å². The lowest BCUT2D eigenvalue weighted by Gasteiger charge is -2.25. The SMILES string of the molecule is O=C(NCC1CC12CCOCC2)N(Cc1ccoc1)C1CC1. The predicted molar refractivity (Wildman–Crippen MR) is 81.3 cm³/mol. The largest absolute Gasteiger partial charge is 0.472 e. The fourth-order valence-corrected chi connectivity index (χ4v) is 3.76. The molecule has 1 aliphatic heterocycles. The highest BCUT2D eigenvalue weighted by Gasteiger charge is 2.53. The van der Waals surface area contributed by atoms with Gasteiger partial charge in [0.05, 0.1) is 19.1 Å². The van der Waals surface area contributed by atoms with Gasteiger partial charge >= 0.3 is 6.03 Å². The Morgan fingerprint density at radius 1 is 1.36 bits per heavy atom. The van der Waals surface area contributed by atoms with E-state index >= 15 is 0 Å². The molecule has 1 aromatic heterocycles. The van der Waals surface area contributed by atoms with Crippen LogP contribution in [0.3, 0.4) is 0 Å². The Hall–Kier alpha value is -1.49. The summed E-state index contributed by atoms with van der Waals surface area (Å²) in [6.45, 7) is 3.24. The van der Waals surface area contributed by atoms with Crippen LogP contribution in [0.1, 0.15) is 37.7 Å². The lowest BCUT2D eigenvalue weighted by molar-refractivity contribution is 0.0521. The molecule has 3 aliphatic rings. The number of carbonyl (C=O) groups is 1. The summed E-state index contributed by atoms with van der Waals surface area (Å²) in [6, 6.07) is 2.42. The molecule has 1 spiro atoms. The van der Waals surface area contributed by atoms with Crippen molar-refractivity contribution in [1.82, 2.24) is 10.2 Å². The molecule has 0 radical (unpaired) electrons. The minimum Gasteiger partial charge on any atom is -0.472 e. The summed E-state index contributed by atoms with van der Waals surface area (Å²) in [5, 5.41) is 3.17. The van der Waals surface area contributed by atoms with Crippen molar-refractivity contribution in [1.29, 1.82) is 0 Å². The van der Waals surface area contributed by atoms with Crippen LogP contribution >= 0.6 is 0 Å². The number of hydrogen-bond acceptors (Lipinski definition) is 3. The maximum absolute atomic E-state index is 12.5. The molecule has 1 saturated heterocycles. The molecule has 0 bridgehead atoms. The fraction of sp³-hybridized carbons (Fsp3) is 0.706. The molecular formula is C17H24N2O3. The number of ether oxygens (including phenoxy) is 1. The highest BCUT2D eigenvalue weighted by Crippen LogP contribution is 2.58. The van der Waals surface area contributed by atoms with Gasteiger partial charge in [-0.15, -0.1) is 0 Å². The number of amides is 2. The highest BCUT2D eigenvalue weighted by atomic mass is 16.5. The van der Waals surface area contributed by atoms with Crippen LogP contribution in [0.15, 0.2) is 23.0 Å². The quantitative estimate of drug-likeness (QED) is 0.910. The van der Waals surface area contributed by atoms with E-state index in [1.54, 1.807) is 12.5 Å². The molecule has 3 fully saturated rings. The zero-order valence-corrected chi connectivity index (χ0v) is 12.9. The Morgan fingerprint density at radius 3 is 2.86 bits per heavy atom. The Morgan fingerprint density at radius 2 is 2.18 bits per heavy atom. The van der Waals surface area contributed by atoms with Crippen molar-refractivity contribution in [3.05, 3.63) is 24.2 Å². The lowest BCUT2D eigenvalue weighted by atomic mass is 9.94. The molecule has 0 aromatic carbocycles. The Bertz CT molecular complexity index is 518. The molecule has 1 atom stereocenters. The van der Waals surface area contributed by atoms with Crippen LogP contribution in [-0.4, -0.2) is 36.7 Å². The first-order valence-corrected chi connectivity index (χ1v) is 8.40. The van der Waals surface area contributed by atoms with Crippen molar-refractivity contribution < 1.29 is 13.9 Å². The molecule has 1 unspecified atom stereocenters. The van der Waals surface area contributed by atoms with Crippen LogP contribution in [0, 0.1) is 11.3 Å². The van der Waals surface area contributed by atoms with Crippen LogP contribution < -0.4 is 5.32 Å². The first-order chi connectivity index (χ1) is 10.8. The number of urea groups is 1. The van der Waals surface area contributed by atoms with Crippen molar-refractivity contribution >= 4 is 6.03 Å². The van der Waals surface area contributed by atoms with E-state index in [0.717, 1.165) is 51.0 Å². The van der Waals surface area contributed by atoms with Crippen molar-refractivity contribution in [2.75, 3.05) is 19.8 Å². The van der Waals surface area contributed by atoms with Crippen LogP contribution in [0.4, 0.5) is 4.79 Å². The van der Waals surface area contributed by atoms with E-state index in [1.807, 2.05) is 11.0 Å². The summed E-state index contributed by atoms with van der Waals surface area (Å²) in [6.07, 6.45) is 9.20. The Kier molecular flexibility index (Phi) is 3.60. The second kappa shape index (κ2) is 5.61. The number of carbonyl (C=O) groups excluding carboxylic acids is 1. The fourth-order valence-electron chi connectivity index (χ4n) is 3.76. The predicted octanol–water partition coefficient (Wildman–Crippen LogP) is 2.77. The molecule has 2 aliphatic carbocycles. The maximum Gasteiger partial charge on any atom is 0.317 e. The van der Waals surface area contributed by atoms with E-state index in [2.05, 4.69) is 5.32 Å². The van der Waals surface area contributed by atoms with Crippen LogP contribution in [0.25, 0.3) is 0 Å². The molecule has 4 rings (SSSR count). The molecule has 1 aromatic rings. The molecule has 2 saturated carbocycles. The van der Waals surface area contributed by atoms with Crippen molar-refractivity contribution in [2.45, 2.75) is 44.7 Å². The van der Waals surface area contributed by atoms with E-state index < -0.39 is 0 Å². The Balaban J connectivity index is 1.29. The molecule has 120 valence electrons. The molecule has 2 heterocycles. The second-order valence-corrected chi connectivity index (χ2v) is 7.05. The summed E-state index contributed by atoms with van der Waals surface area (Å²) in [5.41, 5.74) is 1.54. The van der Waals surface area contributed by atoms with E-state index in [0.29, 0.717) is 23.9 Å². The van der Waals surface area contributed by atoms with E-state index in [1.165, 1.54) is 6.42 Å². The Labute approximate surface area is 131 Å². The number of nitrogens with one attached hydrogen (secondary N) is 1. The molecule has 1 N–H and O–H groups in total. The number of nitrogens with zero attached hydrogens (tertiary/aromatic N) is 1. The third kappa shape index (κ3) is 2.86. The van der Waals surface area contributed by atoms with Gasteiger partial charge in [0.1, 0.15) is 0 Å². The third-order valence-electron chi connectivity index (χ3n) is 5.53. The molecule has 22 heavy (non-hydrogen) atoms. The van der Waals surface area contributed by atoms with Crippen LogP contribution in [-0.2, 0) is 11.3 Å². The van der Waals surface area contributed by atoms with E-state index in [4.69, 9.17) is 9.15 Å². The summed E-state index contributed by atoms with van der Waals surface area (Å²) >= 11 is 0. The highest BCUT2D eigenvalue weighted by molar-refractivity contribution is 5.75. The average molecular weight is 304 g/mol. The van der Waals surface area contributed by atoms with E-state index in [9.17, 15) is 4.79 Å². The molecule has 5 heteroatoms. The lowest BCUT2D eigenvalue weighted by Crippen LogP contribution is -2.42. The van der Waals surface area contributed by atoms with Gasteiger partial charge in [-0.25, -0.2) is 4.79 Å². The topological polar surface area (TPSA) is 54.7 Å². The first kappa shape index (κ1) is 14.1. The zero-order chi connectivity index (χ0) is 15.0. The van der Waals surface area contributed by atoms with Gasteiger partial charge in [0.25, 0.3) is 0 Å². The first-order valence-electron chi connectivity index (χ1n) is 8.40. The van der Waals surface area contributed by atoms with Gasteiger partial charge in [-0.1, -0.05) is 0 Å². The van der Waals surface area contributed by atoms with Gasteiger partial charge in [0.15, 0.2) is 0 Å². The number of hydrogen-bond donors (Lipinski definition) is 1. The number of rotatable bonds is 5. The summed E-state index contributed by atoms with van der Waals surface area (Å²) in [5.74, 6) is 0.648. The van der Waals surface area contributed by atoms with Gasteiger partial charge in [-0.2, -0.15) is 0 Å². The van der Waals surface area contributed by atoms with Crippen molar-refractivity contribution in [3.63, 3.8) is 0 Å². The molecular weight excluding hydrogens is 280 g/mol. The minimum atomic E-state index is 0.0813. The van der Waals surface area contributed by atoms with Crippen LogP contribution in [0.5, 0.6) is 0 Å². The minimum absolute atomic E-state index is 0.0813. The molecule has 2 amide bonds. The standard InChI is InChI=1S/C17H24N2O3/c20-16(18-10-14-9-17(14)4-7-21-8-5-17)19(15-1-2-15)11-13-3-6-22-12-13/h3,6,12,14-15H,1-2,4-5,7-11H2,(H,18,20). The van der Waals surface area contributed by atoms with Gasteiger partial charge in [0.2, 0.25) is 0 Å². The van der Waals surface area contributed by atoms with Crippen LogP contribution in [0.2, 0.25) is 0 Å². The monoisotopic (exact) mass is 304 g/mol. The van der Waals surface area contributed by atoms with Crippen molar-refractivity contribution in [2.24, 2.45) is 11.3 Å². The average Bonchev–Trinajstić information content (AvgIpc) is 3.43. The van der Waals surface area contributed by atoms with Gasteiger partial charge < -0.3 is 19.4 Å². The number of furan rings is 1. The zero-order valence-electron chi connectivity index (χ0n) is 12.9. The smallest absolute Gasteiger partial charge is 0.317 e. The van der Waals surface area contributed by atoms with Gasteiger partial charge in [-0.05, 0) is 49.5 Å². The van der Waals surface area contributed by atoms with Gasteiger partial charge in [0, 0.05) is 31.4 Å². The second-order valence-electron chi connectivity index (χ2n) is 7.05. The van der Waals surface area contributed by atoms with Crippen molar-refractivity contribution in [3.8, 4) is 0 Å². The molecule has 5 nitrogen and oxygen atoms in total. The summed E-state index contributed by atoms with van der Waals surface area (Å²) in [4.78, 5) is 14.5. The normalized spacial score (nSPS) is 25.9. The summed E-state index contributed by atoms with van der Waals surface area (Å²) < 4.78 is 10.6. The third-order valence-corrected chi connectivity index (χ3v) is 5.53. The summed E-state index contributed by atoms with van der Waals surface area (Å²) in [7, 11) is 0. The van der Waals surface area contributed by atoms with E-state index in [-0.39, 0.29) is 6.03 Å².